The van der Waals surface area contributed by atoms with Gasteiger partial charge in [-0.25, -0.2) is 4.39 Å². The minimum atomic E-state index is -1.17. The van der Waals surface area contributed by atoms with E-state index in [9.17, 15) is 14.0 Å². The van der Waals surface area contributed by atoms with Gasteiger partial charge in [-0.3, -0.25) is 14.5 Å². The molecule has 1 aromatic rings. The van der Waals surface area contributed by atoms with Crippen LogP contribution in [0.5, 0.6) is 0 Å². The van der Waals surface area contributed by atoms with Crippen LogP contribution >= 0.6 is 0 Å². The number of carbonyl (C=O) groups excluding carboxylic acids is 2. The van der Waals surface area contributed by atoms with E-state index in [1.165, 1.54) is 12.1 Å². The molecule has 0 radical (unpaired) electrons. The molecule has 2 N–H and O–H groups in total. The Bertz CT molecular complexity index is 799. The molecule has 4 rings (SSSR count). The number of hydrogen-bond donors (Lipinski definition) is 2. The molecular formula is C23H34FN5O3. The van der Waals surface area contributed by atoms with Crippen molar-refractivity contribution in [1.29, 1.82) is 0 Å². The minimum absolute atomic E-state index is 0.137. The van der Waals surface area contributed by atoms with E-state index in [1.54, 1.807) is 12.1 Å². The van der Waals surface area contributed by atoms with E-state index in [4.69, 9.17) is 4.74 Å². The number of benzene rings is 1. The van der Waals surface area contributed by atoms with Crippen LogP contribution < -0.4 is 10.6 Å². The summed E-state index contributed by atoms with van der Waals surface area (Å²) in [5.41, 5.74) is -0.231. The van der Waals surface area contributed by atoms with Gasteiger partial charge in [0.15, 0.2) is 5.60 Å². The van der Waals surface area contributed by atoms with E-state index in [1.807, 2.05) is 4.90 Å². The fourth-order valence-electron chi connectivity index (χ4n) is 4.87. The third-order valence-electron chi connectivity index (χ3n) is 6.78. The number of ether oxygens (including phenoxy) is 1. The average molecular weight is 448 g/mol. The van der Waals surface area contributed by atoms with Crippen molar-refractivity contribution in [3.05, 3.63) is 35.6 Å². The Hall–Kier alpha value is -2.07. The zero-order chi connectivity index (χ0) is 22.6. The molecule has 176 valence electrons. The Morgan fingerprint density at radius 2 is 1.97 bits per heavy atom. The zero-order valence-electron chi connectivity index (χ0n) is 18.8. The molecule has 0 aromatic heterocycles. The highest BCUT2D eigenvalue weighted by molar-refractivity contribution is 5.94. The predicted octanol–water partition coefficient (Wildman–Crippen LogP) is -0.104. The maximum atomic E-state index is 13.2. The van der Waals surface area contributed by atoms with Gasteiger partial charge in [0.05, 0.1) is 12.5 Å². The lowest BCUT2D eigenvalue weighted by Gasteiger charge is -2.36. The highest BCUT2D eigenvalue weighted by Gasteiger charge is 2.57. The lowest BCUT2D eigenvalue weighted by Crippen LogP contribution is -2.62. The number of hydrogen-bond acceptors (Lipinski definition) is 6. The summed E-state index contributed by atoms with van der Waals surface area (Å²) in [5, 5.41) is 5.92. The van der Waals surface area contributed by atoms with Crippen molar-refractivity contribution < 1.29 is 18.7 Å². The van der Waals surface area contributed by atoms with E-state index >= 15 is 0 Å². The van der Waals surface area contributed by atoms with E-state index in [0.717, 1.165) is 44.7 Å². The molecule has 3 saturated heterocycles. The first kappa shape index (κ1) is 23.1. The highest BCUT2D eigenvalue weighted by atomic mass is 19.1. The number of amides is 2. The summed E-state index contributed by atoms with van der Waals surface area (Å²) in [5.74, 6) is -1.22. The van der Waals surface area contributed by atoms with Gasteiger partial charge in [0.25, 0.3) is 5.91 Å². The smallest absolute Gasteiger partial charge is 0.254 e. The number of rotatable bonds is 7. The van der Waals surface area contributed by atoms with Gasteiger partial charge in [-0.2, -0.15) is 0 Å². The van der Waals surface area contributed by atoms with Crippen molar-refractivity contribution in [1.82, 2.24) is 25.3 Å². The van der Waals surface area contributed by atoms with Crippen molar-refractivity contribution in [2.45, 2.75) is 18.6 Å². The third-order valence-corrected chi connectivity index (χ3v) is 6.78. The molecule has 2 atom stereocenters. The maximum absolute atomic E-state index is 13.2. The van der Waals surface area contributed by atoms with Crippen LogP contribution in [0.25, 0.3) is 0 Å². The first-order chi connectivity index (χ1) is 15.5. The van der Waals surface area contributed by atoms with Crippen LogP contribution in [0.2, 0.25) is 0 Å². The first-order valence-corrected chi connectivity index (χ1v) is 11.5. The van der Waals surface area contributed by atoms with Gasteiger partial charge in [0.1, 0.15) is 5.82 Å². The average Bonchev–Trinajstić information content (AvgIpc) is 3.15. The number of nitrogens with zero attached hydrogens (tertiary/aromatic N) is 3. The van der Waals surface area contributed by atoms with Crippen molar-refractivity contribution in [2.75, 3.05) is 72.6 Å². The fourth-order valence-corrected chi connectivity index (χ4v) is 4.87. The number of morpholine rings is 1. The third kappa shape index (κ3) is 5.28. The van der Waals surface area contributed by atoms with Gasteiger partial charge >= 0.3 is 0 Å². The van der Waals surface area contributed by atoms with Crippen molar-refractivity contribution in [2.24, 2.45) is 5.92 Å². The SMILES string of the molecule is CN1CCN(CCCNC(=O)[C@H]2CN(Cc3ccc(F)cc3)C[C@@]23OCCNC3=O)CC1. The van der Waals surface area contributed by atoms with E-state index < -0.39 is 11.5 Å². The molecule has 8 nitrogen and oxygen atoms in total. The Balaban J connectivity index is 1.34. The highest BCUT2D eigenvalue weighted by Crippen LogP contribution is 2.34. The van der Waals surface area contributed by atoms with Crippen LogP contribution in [0, 0.1) is 11.7 Å². The van der Waals surface area contributed by atoms with Crippen LogP contribution in [-0.4, -0.2) is 105 Å². The second-order valence-corrected chi connectivity index (χ2v) is 9.13. The quantitative estimate of drug-likeness (QED) is 0.569. The topological polar surface area (TPSA) is 77.2 Å². The van der Waals surface area contributed by atoms with Gasteiger partial charge in [-0.15, -0.1) is 0 Å². The summed E-state index contributed by atoms with van der Waals surface area (Å²) in [6, 6.07) is 6.32. The monoisotopic (exact) mass is 447 g/mol. The molecule has 3 heterocycles. The molecule has 32 heavy (non-hydrogen) atoms. The van der Waals surface area contributed by atoms with Crippen molar-refractivity contribution >= 4 is 11.8 Å². The summed E-state index contributed by atoms with van der Waals surface area (Å²) in [7, 11) is 2.14. The van der Waals surface area contributed by atoms with E-state index in [2.05, 4.69) is 27.5 Å². The minimum Gasteiger partial charge on any atom is -0.361 e. The molecule has 0 saturated carbocycles. The number of nitrogens with one attached hydrogen (secondary N) is 2. The van der Waals surface area contributed by atoms with Crippen molar-refractivity contribution in [3.8, 4) is 0 Å². The molecule has 1 spiro atoms. The molecule has 2 amide bonds. The molecule has 3 fully saturated rings. The van der Waals surface area contributed by atoms with E-state index in [0.29, 0.717) is 39.3 Å². The number of piperazine rings is 1. The Morgan fingerprint density at radius 1 is 1.22 bits per heavy atom. The van der Waals surface area contributed by atoms with Crippen LogP contribution in [0.1, 0.15) is 12.0 Å². The van der Waals surface area contributed by atoms with Gasteiger partial charge in [0, 0.05) is 58.9 Å². The number of carbonyl (C=O) groups is 2. The number of halogens is 1. The standard InChI is InChI=1S/C23H34FN5O3/c1-27-10-12-28(13-11-27)9-2-7-25-21(30)20-16-29(15-18-3-5-19(24)6-4-18)17-23(20)22(31)26-8-14-32-23/h3-6,20H,2,7-17H2,1H3,(H,25,30)(H,26,31)/t20-,23-/m1/s1. The number of likely N-dealkylation sites (N-methyl/N-ethyl adjacent to an activating group) is 1. The largest absolute Gasteiger partial charge is 0.361 e. The lowest BCUT2D eigenvalue weighted by molar-refractivity contribution is -0.163. The predicted molar refractivity (Wildman–Crippen MR) is 118 cm³/mol. The maximum Gasteiger partial charge on any atom is 0.254 e. The van der Waals surface area contributed by atoms with E-state index in [-0.39, 0.29) is 17.6 Å². The summed E-state index contributed by atoms with van der Waals surface area (Å²) < 4.78 is 19.2. The second kappa shape index (κ2) is 10.2. The first-order valence-electron chi connectivity index (χ1n) is 11.5. The van der Waals surface area contributed by atoms with Crippen LogP contribution in [0.3, 0.4) is 0 Å². The molecule has 0 unspecified atom stereocenters. The molecule has 0 bridgehead atoms. The molecule has 1 aromatic carbocycles. The Kier molecular flexibility index (Phi) is 7.40. The molecule has 0 aliphatic carbocycles. The Labute approximate surface area is 189 Å². The molecule has 9 heteroatoms. The summed E-state index contributed by atoms with van der Waals surface area (Å²) in [4.78, 5) is 32.8. The Morgan fingerprint density at radius 3 is 2.69 bits per heavy atom. The summed E-state index contributed by atoms with van der Waals surface area (Å²) in [6.07, 6.45) is 0.877. The molecule has 3 aliphatic rings. The molecule has 3 aliphatic heterocycles. The zero-order valence-corrected chi connectivity index (χ0v) is 18.8. The van der Waals surface area contributed by atoms with Crippen molar-refractivity contribution in [3.63, 3.8) is 0 Å². The van der Waals surface area contributed by atoms with Crippen LogP contribution in [0.15, 0.2) is 24.3 Å². The summed E-state index contributed by atoms with van der Waals surface area (Å²) in [6.45, 7) is 7.96. The van der Waals surface area contributed by atoms with Gasteiger partial charge < -0.3 is 25.2 Å². The molecular weight excluding hydrogens is 413 g/mol. The summed E-state index contributed by atoms with van der Waals surface area (Å²) >= 11 is 0. The second-order valence-electron chi connectivity index (χ2n) is 9.13. The lowest BCUT2D eigenvalue weighted by atomic mass is 9.87. The van der Waals surface area contributed by atoms with Crippen LogP contribution in [0.4, 0.5) is 4.39 Å². The van der Waals surface area contributed by atoms with Crippen LogP contribution in [-0.2, 0) is 20.9 Å². The van der Waals surface area contributed by atoms with Gasteiger partial charge in [-0.1, -0.05) is 12.1 Å². The number of likely N-dealkylation sites (tertiary alicyclic amines) is 1. The fraction of sp³-hybridized carbons (Fsp3) is 0.652. The normalized spacial score (nSPS) is 27.6. The van der Waals surface area contributed by atoms with Gasteiger partial charge in [0.2, 0.25) is 5.91 Å². The van der Waals surface area contributed by atoms with Gasteiger partial charge in [-0.05, 0) is 37.7 Å².